The van der Waals surface area contributed by atoms with Crippen LogP contribution in [0.3, 0.4) is 0 Å². The monoisotopic (exact) mass is 352 g/mol. The molecule has 0 unspecified atom stereocenters. The van der Waals surface area contributed by atoms with E-state index in [0.29, 0.717) is 17.8 Å². The average molecular weight is 352 g/mol. The minimum atomic E-state index is -0.728. The van der Waals surface area contributed by atoms with Crippen LogP contribution in [-0.2, 0) is 16.0 Å². The van der Waals surface area contributed by atoms with Crippen LogP contribution < -0.4 is 4.74 Å². The van der Waals surface area contributed by atoms with Gasteiger partial charge in [0.15, 0.2) is 5.60 Å². The molecular weight excluding hydrogens is 324 g/mol. The van der Waals surface area contributed by atoms with E-state index >= 15 is 0 Å². The van der Waals surface area contributed by atoms with Crippen LogP contribution in [0.15, 0.2) is 18.2 Å². The molecule has 3 heteroatoms. The molecule has 0 amide bonds. The van der Waals surface area contributed by atoms with Crippen LogP contribution in [-0.4, -0.2) is 18.7 Å². The zero-order valence-corrected chi connectivity index (χ0v) is 16.0. The number of hydrogen-bond acceptors (Lipinski definition) is 3. The second-order valence-corrected chi connectivity index (χ2v) is 8.54. The number of aryl methyl sites for hydroxylation is 1. The highest BCUT2D eigenvalue weighted by molar-refractivity contribution is 5.67. The van der Waals surface area contributed by atoms with Crippen LogP contribution in [0.1, 0.15) is 63.0 Å². The molecule has 1 aromatic carbocycles. The molecule has 0 N–H and O–H groups in total. The van der Waals surface area contributed by atoms with Crippen molar-refractivity contribution in [3.63, 3.8) is 0 Å². The topological polar surface area (TPSA) is 35.5 Å². The van der Waals surface area contributed by atoms with Crippen LogP contribution in [0.4, 0.5) is 0 Å². The fourth-order valence-electron chi connectivity index (χ4n) is 6.36. The Morgan fingerprint density at radius 3 is 2.77 bits per heavy atom. The van der Waals surface area contributed by atoms with E-state index in [1.54, 1.807) is 7.11 Å². The quantitative estimate of drug-likeness (QED) is 0.581. The van der Waals surface area contributed by atoms with Gasteiger partial charge in [-0.15, -0.1) is 6.42 Å². The van der Waals surface area contributed by atoms with Crippen LogP contribution in [0.2, 0.25) is 0 Å². The third-order valence-electron chi connectivity index (χ3n) is 7.60. The first-order valence-electron chi connectivity index (χ1n) is 9.78. The van der Waals surface area contributed by atoms with Gasteiger partial charge in [0, 0.05) is 12.3 Å². The minimum absolute atomic E-state index is 0.113. The van der Waals surface area contributed by atoms with Crippen molar-refractivity contribution >= 4 is 5.97 Å². The van der Waals surface area contributed by atoms with Crippen molar-refractivity contribution in [3.8, 4) is 18.1 Å². The molecule has 3 nitrogen and oxygen atoms in total. The molecule has 5 atom stereocenters. The van der Waals surface area contributed by atoms with Crippen LogP contribution >= 0.6 is 0 Å². The van der Waals surface area contributed by atoms with Gasteiger partial charge in [0.05, 0.1) is 7.11 Å². The molecule has 0 heterocycles. The summed E-state index contributed by atoms with van der Waals surface area (Å²) in [5, 5.41) is 0. The van der Waals surface area contributed by atoms with Gasteiger partial charge in [0.1, 0.15) is 5.75 Å². The second kappa shape index (κ2) is 6.05. The van der Waals surface area contributed by atoms with Crippen molar-refractivity contribution in [1.29, 1.82) is 0 Å². The van der Waals surface area contributed by atoms with Crippen LogP contribution in [0.25, 0.3) is 0 Å². The van der Waals surface area contributed by atoms with Crippen molar-refractivity contribution in [3.05, 3.63) is 29.3 Å². The molecule has 0 radical (unpaired) electrons. The Hall–Kier alpha value is -1.95. The van der Waals surface area contributed by atoms with E-state index in [9.17, 15) is 4.79 Å². The van der Waals surface area contributed by atoms with Gasteiger partial charge in [0.25, 0.3) is 0 Å². The molecule has 2 fully saturated rings. The minimum Gasteiger partial charge on any atom is -0.497 e. The first kappa shape index (κ1) is 17.5. The van der Waals surface area contributed by atoms with E-state index in [2.05, 4.69) is 31.0 Å². The number of terminal acetylenes is 1. The van der Waals surface area contributed by atoms with E-state index in [1.807, 2.05) is 0 Å². The maximum Gasteiger partial charge on any atom is 0.304 e. The number of rotatable bonds is 2. The second-order valence-electron chi connectivity index (χ2n) is 8.54. The Morgan fingerprint density at radius 2 is 2.08 bits per heavy atom. The lowest BCUT2D eigenvalue weighted by atomic mass is 9.53. The van der Waals surface area contributed by atoms with Crippen molar-refractivity contribution in [1.82, 2.24) is 0 Å². The summed E-state index contributed by atoms with van der Waals surface area (Å²) in [4.78, 5) is 11.8. The highest BCUT2D eigenvalue weighted by atomic mass is 16.6. The Morgan fingerprint density at radius 1 is 1.27 bits per heavy atom. The zero-order chi connectivity index (χ0) is 18.5. The zero-order valence-electron chi connectivity index (χ0n) is 16.0. The lowest BCUT2D eigenvalue weighted by Crippen LogP contribution is -2.52. The fraction of sp³-hybridized carbons (Fsp3) is 0.609. The standard InChI is InChI=1S/C23H28O3/c1-5-23(26-15(2)24)13-11-21-20-8-6-16-14-17(25-4)7-9-18(16)19(20)10-12-22(21,23)3/h1,7,9,14,19-21H,6,8,10-13H2,2-4H3/t19-,20-,21+,22+,23-/m1/s1. The number of ether oxygens (including phenoxy) is 2. The molecule has 138 valence electrons. The van der Waals surface area contributed by atoms with E-state index in [-0.39, 0.29) is 11.4 Å². The largest absolute Gasteiger partial charge is 0.497 e. The maximum atomic E-state index is 11.8. The number of carbonyl (C=O) groups excluding carboxylic acids is 1. The smallest absolute Gasteiger partial charge is 0.304 e. The molecule has 0 bridgehead atoms. The Kier molecular flexibility index (Phi) is 4.06. The van der Waals surface area contributed by atoms with Crippen molar-refractivity contribution in [2.75, 3.05) is 7.11 Å². The average Bonchev–Trinajstić information content (AvgIpc) is 2.93. The van der Waals surface area contributed by atoms with Crippen molar-refractivity contribution in [2.45, 2.75) is 63.9 Å². The molecule has 1 aromatic rings. The number of benzene rings is 1. The molecule has 4 rings (SSSR count). The highest BCUT2D eigenvalue weighted by Gasteiger charge is 2.63. The number of fused-ring (bicyclic) bond motifs is 5. The van der Waals surface area contributed by atoms with Crippen molar-refractivity contribution in [2.24, 2.45) is 17.3 Å². The molecule has 3 aliphatic rings. The summed E-state index contributed by atoms with van der Waals surface area (Å²) in [7, 11) is 1.73. The molecule has 26 heavy (non-hydrogen) atoms. The number of methoxy groups -OCH3 is 1. The molecule has 0 saturated heterocycles. The van der Waals surface area contributed by atoms with Crippen LogP contribution in [0.5, 0.6) is 5.75 Å². The SMILES string of the molecule is C#C[C@@]1(OC(C)=O)CC[C@H]2[C@@H]3CCc4cc(OC)ccc4[C@H]3CC[C@@]21C. The van der Waals surface area contributed by atoms with Gasteiger partial charge >= 0.3 is 5.97 Å². The molecule has 2 saturated carbocycles. The molecule has 0 aromatic heterocycles. The van der Waals surface area contributed by atoms with Gasteiger partial charge in [-0.25, -0.2) is 0 Å². The molecule has 3 aliphatic carbocycles. The highest BCUT2D eigenvalue weighted by Crippen LogP contribution is 2.65. The van der Waals surface area contributed by atoms with Gasteiger partial charge in [-0.2, -0.15) is 0 Å². The Labute approximate surface area is 156 Å². The summed E-state index contributed by atoms with van der Waals surface area (Å²) in [5.74, 6) is 5.35. The van der Waals surface area contributed by atoms with Gasteiger partial charge in [-0.05, 0) is 79.5 Å². The maximum absolute atomic E-state index is 11.8. The summed E-state index contributed by atoms with van der Waals surface area (Å²) < 4.78 is 11.2. The predicted octanol–water partition coefficient (Wildman–Crippen LogP) is 4.49. The summed E-state index contributed by atoms with van der Waals surface area (Å²) >= 11 is 0. The summed E-state index contributed by atoms with van der Waals surface area (Å²) in [6, 6.07) is 6.57. The van der Waals surface area contributed by atoms with E-state index in [0.717, 1.165) is 37.9 Å². The normalized spacial score (nSPS) is 37.7. The number of carbonyl (C=O) groups is 1. The van der Waals surface area contributed by atoms with Crippen LogP contribution in [0, 0.1) is 29.6 Å². The molecule has 0 spiro atoms. The first-order valence-corrected chi connectivity index (χ1v) is 9.78. The Balaban J connectivity index is 1.68. The lowest BCUT2D eigenvalue weighted by Gasteiger charge is -2.52. The van der Waals surface area contributed by atoms with Crippen molar-refractivity contribution < 1.29 is 14.3 Å². The Bertz CT molecular complexity index is 776. The summed E-state index contributed by atoms with van der Waals surface area (Å²) in [5.41, 5.74) is 2.10. The van der Waals surface area contributed by atoms with Gasteiger partial charge < -0.3 is 9.47 Å². The first-order chi connectivity index (χ1) is 12.4. The number of hydrogen-bond donors (Lipinski definition) is 0. The van der Waals surface area contributed by atoms with Gasteiger partial charge in [-0.3, -0.25) is 4.79 Å². The van der Waals surface area contributed by atoms with Gasteiger partial charge in [-0.1, -0.05) is 18.9 Å². The summed E-state index contributed by atoms with van der Waals surface area (Å²) in [6.45, 7) is 3.75. The number of esters is 1. The predicted molar refractivity (Wildman–Crippen MR) is 101 cm³/mol. The third kappa shape index (κ3) is 2.31. The third-order valence-corrected chi connectivity index (χ3v) is 7.60. The van der Waals surface area contributed by atoms with E-state index < -0.39 is 5.60 Å². The van der Waals surface area contributed by atoms with Gasteiger partial charge in [0.2, 0.25) is 0 Å². The van der Waals surface area contributed by atoms with E-state index in [4.69, 9.17) is 15.9 Å². The van der Waals surface area contributed by atoms with E-state index in [1.165, 1.54) is 24.5 Å². The molecular formula is C23H28O3. The lowest BCUT2D eigenvalue weighted by molar-refractivity contribution is -0.165. The molecule has 0 aliphatic heterocycles. The fourth-order valence-corrected chi connectivity index (χ4v) is 6.36. The summed E-state index contributed by atoms with van der Waals surface area (Å²) in [6.07, 6.45) is 12.2.